The number of aryl methyl sites for hydroxylation is 1. The van der Waals surface area contributed by atoms with Crippen LogP contribution in [0.5, 0.6) is 0 Å². The van der Waals surface area contributed by atoms with Gasteiger partial charge in [-0.3, -0.25) is 9.59 Å². The zero-order valence-electron chi connectivity index (χ0n) is 19.4. The molecule has 0 aliphatic carbocycles. The monoisotopic (exact) mass is 501 g/mol. The summed E-state index contributed by atoms with van der Waals surface area (Å²) in [5, 5.41) is 13.7. The van der Waals surface area contributed by atoms with Crippen LogP contribution in [0.15, 0.2) is 58.6 Å². The smallest absolute Gasteiger partial charge is 0.237 e. The van der Waals surface area contributed by atoms with E-state index < -0.39 is 15.1 Å². The Morgan fingerprint density at radius 3 is 2.15 bits per heavy atom. The van der Waals surface area contributed by atoms with Crippen LogP contribution >= 0.6 is 11.8 Å². The molecule has 2 N–H and O–H groups in total. The average Bonchev–Trinajstić information content (AvgIpc) is 3.15. The molecular formula is C23H27N5O4S2. The number of thioether (sulfide) groups is 1. The van der Waals surface area contributed by atoms with Crippen molar-refractivity contribution in [2.45, 2.75) is 55.3 Å². The number of nitrogens with zero attached hydrogens (tertiary/aromatic N) is 3. The van der Waals surface area contributed by atoms with Gasteiger partial charge in [0.15, 0.2) is 15.0 Å². The largest absolute Gasteiger partial charge is 0.326 e. The van der Waals surface area contributed by atoms with Crippen molar-refractivity contribution in [1.82, 2.24) is 14.8 Å². The molecule has 2 aromatic carbocycles. The molecule has 1 heterocycles. The average molecular weight is 502 g/mol. The Morgan fingerprint density at radius 1 is 1.00 bits per heavy atom. The molecule has 0 radical (unpaired) electrons. The lowest BCUT2D eigenvalue weighted by Gasteiger charge is -2.13. The number of amides is 2. The molecule has 0 spiro atoms. The zero-order valence-corrected chi connectivity index (χ0v) is 21.0. The van der Waals surface area contributed by atoms with E-state index in [-0.39, 0.29) is 22.5 Å². The van der Waals surface area contributed by atoms with Crippen molar-refractivity contribution in [2.24, 2.45) is 0 Å². The van der Waals surface area contributed by atoms with Crippen LogP contribution in [0.4, 0.5) is 11.4 Å². The van der Waals surface area contributed by atoms with E-state index in [9.17, 15) is 18.0 Å². The van der Waals surface area contributed by atoms with Crippen molar-refractivity contribution in [3.63, 3.8) is 0 Å². The quantitative estimate of drug-likeness (QED) is 0.429. The summed E-state index contributed by atoms with van der Waals surface area (Å²) in [6.45, 7) is 7.39. The van der Waals surface area contributed by atoms with E-state index in [1.165, 1.54) is 18.7 Å². The molecule has 3 rings (SSSR count). The molecule has 9 nitrogen and oxygen atoms in total. The Morgan fingerprint density at radius 2 is 1.59 bits per heavy atom. The van der Waals surface area contributed by atoms with Crippen molar-refractivity contribution in [1.29, 1.82) is 0 Å². The molecule has 34 heavy (non-hydrogen) atoms. The van der Waals surface area contributed by atoms with Crippen LogP contribution < -0.4 is 10.6 Å². The van der Waals surface area contributed by atoms with Gasteiger partial charge in [0.05, 0.1) is 10.1 Å². The fourth-order valence-corrected chi connectivity index (χ4v) is 5.33. The van der Waals surface area contributed by atoms with Gasteiger partial charge in [-0.1, -0.05) is 29.5 Å². The van der Waals surface area contributed by atoms with Crippen molar-refractivity contribution in [3.8, 4) is 0 Å². The summed E-state index contributed by atoms with van der Waals surface area (Å²) >= 11 is 1.20. The summed E-state index contributed by atoms with van der Waals surface area (Å²) in [4.78, 5) is 24.0. The van der Waals surface area contributed by atoms with E-state index in [2.05, 4.69) is 20.8 Å². The number of carbonyl (C=O) groups is 2. The lowest BCUT2D eigenvalue weighted by molar-refractivity contribution is -0.115. The molecule has 3 aromatic rings. The van der Waals surface area contributed by atoms with Crippen LogP contribution in [0.1, 0.15) is 32.2 Å². The summed E-state index contributed by atoms with van der Waals surface area (Å²) in [7, 11) is -3.58. The third-order valence-electron chi connectivity index (χ3n) is 4.93. The van der Waals surface area contributed by atoms with Gasteiger partial charge in [0, 0.05) is 24.8 Å². The predicted octanol–water partition coefficient (Wildman–Crippen LogP) is 3.66. The van der Waals surface area contributed by atoms with Crippen molar-refractivity contribution in [2.75, 3.05) is 10.6 Å². The lowest BCUT2D eigenvalue weighted by atomic mass is 10.2. The van der Waals surface area contributed by atoms with Gasteiger partial charge >= 0.3 is 0 Å². The van der Waals surface area contributed by atoms with Gasteiger partial charge in [0.2, 0.25) is 11.8 Å². The molecule has 0 aliphatic heterocycles. The number of nitrogens with one attached hydrogen (secondary N) is 2. The van der Waals surface area contributed by atoms with Crippen LogP contribution in [0, 0.1) is 6.92 Å². The highest BCUT2D eigenvalue weighted by Gasteiger charge is 2.23. The molecule has 0 saturated carbocycles. The van der Waals surface area contributed by atoms with E-state index in [0.717, 1.165) is 5.56 Å². The second-order valence-electron chi connectivity index (χ2n) is 7.72. The summed E-state index contributed by atoms with van der Waals surface area (Å²) in [5.74, 6) is -0.366. The molecule has 0 aliphatic rings. The van der Waals surface area contributed by atoms with E-state index >= 15 is 0 Å². The Bertz CT molecular complexity index is 1270. The summed E-state index contributed by atoms with van der Waals surface area (Å²) in [6, 6.07) is 13.5. The molecule has 0 fully saturated rings. The van der Waals surface area contributed by atoms with E-state index in [1.807, 2.05) is 13.8 Å². The number of hydrogen-bond acceptors (Lipinski definition) is 7. The molecule has 0 saturated heterocycles. The van der Waals surface area contributed by atoms with Crippen LogP contribution in [-0.4, -0.2) is 40.2 Å². The molecule has 1 aromatic heterocycles. The highest BCUT2D eigenvalue weighted by Crippen LogP contribution is 2.25. The summed E-state index contributed by atoms with van der Waals surface area (Å²) in [6.07, 6.45) is 0. The zero-order chi connectivity index (χ0) is 24.9. The first-order valence-corrected chi connectivity index (χ1v) is 13.2. The summed E-state index contributed by atoms with van der Waals surface area (Å²) < 4.78 is 27.4. The number of aromatic nitrogens is 3. The number of anilines is 2. The Balaban J connectivity index is 1.68. The van der Waals surface area contributed by atoms with Crippen molar-refractivity contribution < 1.29 is 18.0 Å². The first kappa shape index (κ1) is 25.4. The van der Waals surface area contributed by atoms with Gasteiger partial charge in [-0.15, -0.1) is 10.2 Å². The van der Waals surface area contributed by atoms with Crippen LogP contribution in [-0.2, 0) is 31.7 Å². The maximum absolute atomic E-state index is 12.8. The highest BCUT2D eigenvalue weighted by molar-refractivity contribution is 8.00. The van der Waals surface area contributed by atoms with E-state index in [4.69, 9.17) is 0 Å². The van der Waals surface area contributed by atoms with Crippen LogP contribution in [0.2, 0.25) is 0 Å². The minimum atomic E-state index is -3.58. The lowest BCUT2D eigenvalue weighted by Crippen LogP contribution is -2.23. The second-order valence-corrected chi connectivity index (χ2v) is 11.0. The predicted molar refractivity (Wildman–Crippen MR) is 132 cm³/mol. The Kier molecular flexibility index (Phi) is 8.11. The topological polar surface area (TPSA) is 123 Å². The van der Waals surface area contributed by atoms with Crippen molar-refractivity contribution in [3.05, 3.63) is 59.9 Å². The highest BCUT2D eigenvalue weighted by atomic mass is 32.2. The van der Waals surface area contributed by atoms with Gasteiger partial charge in [-0.05, 0) is 57.2 Å². The second kappa shape index (κ2) is 10.8. The molecule has 1 atom stereocenters. The molecule has 2 amide bonds. The minimum Gasteiger partial charge on any atom is -0.326 e. The van der Waals surface area contributed by atoms with Gasteiger partial charge in [0.1, 0.15) is 11.6 Å². The number of benzene rings is 2. The van der Waals surface area contributed by atoms with E-state index in [0.29, 0.717) is 28.9 Å². The molecule has 1 unspecified atom stereocenters. The minimum absolute atomic E-state index is 0.173. The van der Waals surface area contributed by atoms with Crippen LogP contribution in [0.3, 0.4) is 0 Å². The SMILES string of the molecule is CCn1c(CS(=O)(=O)c2ccc(C)cc2)nnc1SC(C)C(=O)Nc1ccc(NC(C)=O)cc1. The third kappa shape index (κ3) is 6.45. The Labute approximate surface area is 203 Å². The molecule has 11 heteroatoms. The summed E-state index contributed by atoms with van der Waals surface area (Å²) in [5.41, 5.74) is 2.20. The van der Waals surface area contributed by atoms with Gasteiger partial charge < -0.3 is 15.2 Å². The van der Waals surface area contributed by atoms with Gasteiger partial charge in [-0.2, -0.15) is 0 Å². The first-order valence-electron chi connectivity index (χ1n) is 10.7. The van der Waals surface area contributed by atoms with E-state index in [1.54, 1.807) is 60.0 Å². The van der Waals surface area contributed by atoms with Gasteiger partial charge in [0.25, 0.3) is 0 Å². The Hall–Kier alpha value is -3.18. The standard InChI is InChI=1S/C23H27N5O4S2/c1-5-28-21(14-34(31,32)20-12-6-15(2)7-13-20)26-27-23(28)33-16(3)22(30)25-19-10-8-18(9-11-19)24-17(4)29/h6-13,16H,5,14H2,1-4H3,(H,24,29)(H,25,30). The number of hydrogen-bond donors (Lipinski definition) is 2. The van der Waals surface area contributed by atoms with Crippen LogP contribution in [0.25, 0.3) is 0 Å². The normalized spacial score (nSPS) is 12.2. The fourth-order valence-electron chi connectivity index (χ4n) is 3.13. The number of sulfone groups is 1. The number of carbonyl (C=O) groups excluding carboxylic acids is 2. The van der Waals surface area contributed by atoms with Gasteiger partial charge in [-0.25, -0.2) is 8.42 Å². The fraction of sp³-hybridized carbons (Fsp3) is 0.304. The first-order chi connectivity index (χ1) is 16.1. The molecular weight excluding hydrogens is 474 g/mol. The third-order valence-corrected chi connectivity index (χ3v) is 7.64. The number of rotatable bonds is 9. The molecule has 180 valence electrons. The molecule has 0 bridgehead atoms. The maximum atomic E-state index is 12.8. The van der Waals surface area contributed by atoms with Crippen molar-refractivity contribution >= 4 is 44.8 Å². The maximum Gasteiger partial charge on any atom is 0.237 e.